The second-order valence-corrected chi connectivity index (χ2v) is 4.59. The highest BCUT2D eigenvalue weighted by Crippen LogP contribution is 1.99. The predicted octanol–water partition coefficient (Wildman–Crippen LogP) is -2.72. The highest BCUT2D eigenvalue weighted by atomic mass is 32.1. The molecule has 8 nitrogen and oxygen atoms in total. The smallest absolute Gasteiger partial charge is 0.233 e. The topological polar surface area (TPSA) is 144 Å². The molecule has 4 amide bonds. The number of hydrogen-bond donors (Lipinski definition) is 6. The molecule has 0 heterocycles. The van der Waals surface area contributed by atoms with Crippen LogP contribution in [0.3, 0.4) is 0 Å². The van der Waals surface area contributed by atoms with Gasteiger partial charge < -0.3 is 22.1 Å². The average Bonchev–Trinajstić information content (AvgIpc) is 2.35. The van der Waals surface area contributed by atoms with E-state index in [0.717, 1.165) is 0 Å². The summed E-state index contributed by atoms with van der Waals surface area (Å²) in [6.45, 7) is 0.167. The molecule has 2 unspecified atom stereocenters. The van der Waals surface area contributed by atoms with E-state index in [1.54, 1.807) is 0 Å². The number of carbonyl (C=O) groups is 4. The lowest BCUT2D eigenvalue weighted by Gasteiger charge is -2.13. The molecule has 6 N–H and O–H groups in total. The number of thiol groups is 2. The number of carbonyl (C=O) groups excluding carboxylic acids is 4. The van der Waals surface area contributed by atoms with Crippen LogP contribution in [-0.4, -0.2) is 48.2 Å². The molecule has 10 heteroatoms. The Balaban J connectivity index is 4.08. The minimum Gasteiger partial charge on any atom is -0.369 e. The van der Waals surface area contributed by atoms with Gasteiger partial charge in [-0.05, 0) is 0 Å². The van der Waals surface area contributed by atoms with E-state index in [0.29, 0.717) is 0 Å². The summed E-state index contributed by atoms with van der Waals surface area (Å²) in [4.78, 5) is 44.8. The van der Waals surface area contributed by atoms with Crippen LogP contribution < -0.4 is 22.1 Å². The Hall–Kier alpha value is -1.42. The summed E-state index contributed by atoms with van der Waals surface area (Å²) in [6, 6.07) is 0. The van der Waals surface area contributed by atoms with Crippen molar-refractivity contribution in [2.75, 3.05) is 24.6 Å². The molecular weight excluding hydrogens is 304 g/mol. The zero-order valence-electron chi connectivity index (χ0n) is 10.7. The van der Waals surface area contributed by atoms with Crippen molar-refractivity contribution in [1.82, 2.24) is 10.6 Å². The van der Waals surface area contributed by atoms with E-state index < -0.39 is 35.5 Å². The van der Waals surface area contributed by atoms with Crippen molar-refractivity contribution in [2.24, 2.45) is 23.3 Å². The number of nitrogens with one attached hydrogen (secondary N) is 2. The number of rotatable bonds is 9. The molecule has 0 rings (SSSR count). The Morgan fingerprint density at radius 3 is 1.30 bits per heavy atom. The lowest BCUT2D eigenvalue weighted by molar-refractivity contribution is -0.134. The van der Waals surface area contributed by atoms with E-state index in [1.165, 1.54) is 0 Å². The van der Waals surface area contributed by atoms with E-state index in [2.05, 4.69) is 35.9 Å². The van der Waals surface area contributed by atoms with Crippen molar-refractivity contribution in [1.29, 1.82) is 0 Å². The van der Waals surface area contributed by atoms with Crippen LogP contribution in [-0.2, 0) is 19.2 Å². The van der Waals surface area contributed by atoms with Crippen LogP contribution in [0.2, 0.25) is 0 Å². The third-order valence-corrected chi connectivity index (χ3v) is 3.14. The SMILES string of the molecule is NC(=O)C(CS)C(=O)NCCNC(=O)C(CS)C(N)=O. The van der Waals surface area contributed by atoms with Gasteiger partial charge in [0.15, 0.2) is 0 Å². The minimum atomic E-state index is -1.02. The quantitative estimate of drug-likeness (QED) is 0.156. The minimum absolute atomic E-state index is 0.00305. The fraction of sp³-hybridized carbons (Fsp3) is 0.600. The number of nitrogens with two attached hydrogens (primary N) is 2. The van der Waals surface area contributed by atoms with Crippen molar-refractivity contribution in [3.8, 4) is 0 Å². The molecule has 0 aliphatic heterocycles. The van der Waals surface area contributed by atoms with Gasteiger partial charge in [-0.1, -0.05) is 0 Å². The monoisotopic (exact) mass is 322 g/mol. The molecule has 0 aromatic heterocycles. The fourth-order valence-corrected chi connectivity index (χ4v) is 1.91. The van der Waals surface area contributed by atoms with E-state index in [9.17, 15) is 19.2 Å². The first kappa shape index (κ1) is 18.6. The average molecular weight is 322 g/mol. The highest BCUT2D eigenvalue weighted by molar-refractivity contribution is 7.80. The van der Waals surface area contributed by atoms with Gasteiger partial charge in [0.25, 0.3) is 0 Å². The van der Waals surface area contributed by atoms with E-state index >= 15 is 0 Å². The normalized spacial score (nSPS) is 13.1. The van der Waals surface area contributed by atoms with Gasteiger partial charge in [0.05, 0.1) is 0 Å². The molecular formula is C10H18N4O4S2. The van der Waals surface area contributed by atoms with E-state index in [1.807, 2.05) is 0 Å². The van der Waals surface area contributed by atoms with Gasteiger partial charge in [-0.2, -0.15) is 25.3 Å². The molecule has 0 fully saturated rings. The van der Waals surface area contributed by atoms with Gasteiger partial charge in [0.2, 0.25) is 23.6 Å². The van der Waals surface area contributed by atoms with Crippen LogP contribution in [0.15, 0.2) is 0 Å². The Kier molecular flexibility index (Phi) is 8.81. The van der Waals surface area contributed by atoms with Crippen LogP contribution in [0.25, 0.3) is 0 Å². The summed E-state index contributed by atoms with van der Waals surface area (Å²) in [7, 11) is 0. The summed E-state index contributed by atoms with van der Waals surface area (Å²) in [6.07, 6.45) is 0. The summed E-state index contributed by atoms with van der Waals surface area (Å²) >= 11 is 7.69. The van der Waals surface area contributed by atoms with Crippen LogP contribution in [0, 0.1) is 11.8 Å². The molecule has 20 heavy (non-hydrogen) atoms. The first-order valence-electron chi connectivity index (χ1n) is 5.70. The first-order chi connectivity index (χ1) is 9.34. The largest absolute Gasteiger partial charge is 0.369 e. The second kappa shape index (κ2) is 9.48. The van der Waals surface area contributed by atoms with Crippen molar-refractivity contribution in [3.63, 3.8) is 0 Å². The van der Waals surface area contributed by atoms with Crippen LogP contribution in [0.5, 0.6) is 0 Å². The molecule has 0 aromatic carbocycles. The third kappa shape index (κ3) is 6.15. The summed E-state index contributed by atoms with van der Waals surface area (Å²) in [5.74, 6) is -4.73. The molecule has 0 spiro atoms. The number of hydrogen-bond acceptors (Lipinski definition) is 6. The first-order valence-corrected chi connectivity index (χ1v) is 6.97. The summed E-state index contributed by atoms with van der Waals surface area (Å²) in [5, 5.41) is 4.84. The zero-order chi connectivity index (χ0) is 15.7. The second-order valence-electron chi connectivity index (χ2n) is 3.86. The van der Waals surface area contributed by atoms with Gasteiger partial charge in [-0.15, -0.1) is 0 Å². The Morgan fingerprint density at radius 1 is 0.800 bits per heavy atom. The molecule has 114 valence electrons. The van der Waals surface area contributed by atoms with Gasteiger partial charge in [-0.25, -0.2) is 0 Å². The fourth-order valence-electron chi connectivity index (χ4n) is 1.22. The van der Waals surface area contributed by atoms with Gasteiger partial charge >= 0.3 is 0 Å². The van der Waals surface area contributed by atoms with Crippen LogP contribution >= 0.6 is 25.3 Å². The standard InChI is InChI=1S/C10H18N4O4S2/c11-7(15)5(3-19)9(17)13-1-2-14-10(18)6(4-20)8(12)16/h5-6,19-20H,1-4H2,(H2,11,15)(H2,12,16)(H,13,17)(H,14,18). The zero-order valence-corrected chi connectivity index (χ0v) is 12.5. The van der Waals surface area contributed by atoms with Crippen molar-refractivity contribution in [2.45, 2.75) is 0 Å². The molecule has 0 aromatic rings. The van der Waals surface area contributed by atoms with Crippen molar-refractivity contribution in [3.05, 3.63) is 0 Å². The Bertz CT molecular complexity index is 355. The third-order valence-electron chi connectivity index (χ3n) is 2.41. The molecule has 0 saturated carbocycles. The van der Waals surface area contributed by atoms with Crippen LogP contribution in [0.1, 0.15) is 0 Å². The summed E-state index contributed by atoms with van der Waals surface area (Å²) < 4.78 is 0. The summed E-state index contributed by atoms with van der Waals surface area (Å²) in [5.41, 5.74) is 10.0. The van der Waals surface area contributed by atoms with Crippen molar-refractivity contribution >= 4 is 48.9 Å². The molecule has 0 aliphatic rings. The molecule has 0 radical (unpaired) electrons. The maximum Gasteiger partial charge on any atom is 0.233 e. The Morgan fingerprint density at radius 2 is 1.10 bits per heavy atom. The van der Waals surface area contributed by atoms with Gasteiger partial charge in [0, 0.05) is 24.6 Å². The Labute approximate surface area is 127 Å². The van der Waals surface area contributed by atoms with Crippen LogP contribution in [0.4, 0.5) is 0 Å². The lowest BCUT2D eigenvalue weighted by Crippen LogP contribution is -2.45. The number of primary amides is 2. The maximum absolute atomic E-state index is 11.5. The molecule has 0 saturated heterocycles. The van der Waals surface area contributed by atoms with E-state index in [4.69, 9.17) is 11.5 Å². The van der Waals surface area contributed by atoms with Gasteiger partial charge in [0.1, 0.15) is 11.8 Å². The molecule has 2 atom stereocenters. The number of amides is 4. The molecule has 0 aliphatic carbocycles. The van der Waals surface area contributed by atoms with Crippen molar-refractivity contribution < 1.29 is 19.2 Å². The highest BCUT2D eigenvalue weighted by Gasteiger charge is 2.23. The van der Waals surface area contributed by atoms with E-state index in [-0.39, 0.29) is 24.6 Å². The lowest BCUT2D eigenvalue weighted by atomic mass is 10.1. The van der Waals surface area contributed by atoms with Gasteiger partial charge in [-0.3, -0.25) is 19.2 Å². The molecule has 0 bridgehead atoms. The maximum atomic E-state index is 11.5. The predicted molar refractivity (Wildman–Crippen MR) is 79.1 cm³/mol.